The average molecular weight is 886 g/mol. The number of carbonyl (C=O) groups excluding carboxylic acids is 3. The van der Waals surface area contributed by atoms with Crippen molar-refractivity contribution in [1.29, 1.82) is 0 Å². The average Bonchev–Trinajstić information content (AvgIpc) is 3.28. The molecule has 0 radical (unpaired) electrons. The predicted octanol–water partition coefficient (Wildman–Crippen LogP) is 16.2. The number of unbranched alkanes of at least 4 members (excludes halogenated alkanes) is 25. The molecule has 0 aliphatic carbocycles. The molecule has 0 aromatic heterocycles. The minimum absolute atomic E-state index is 0.00580. The van der Waals surface area contributed by atoms with E-state index in [2.05, 4.69) is 50.1 Å². The van der Waals surface area contributed by atoms with Crippen molar-refractivity contribution in [3.63, 3.8) is 0 Å². The van der Waals surface area contributed by atoms with E-state index in [1.54, 1.807) is 0 Å². The van der Waals surface area contributed by atoms with Gasteiger partial charge in [-0.15, -0.1) is 0 Å². The van der Waals surface area contributed by atoms with Gasteiger partial charge in [-0.2, -0.15) is 0 Å². The molecule has 0 amide bonds. The van der Waals surface area contributed by atoms with Crippen LogP contribution >= 0.6 is 0 Å². The Bertz CT molecular complexity index is 1020. The number of esters is 3. The molecule has 0 aromatic rings. The number of carbonyl (C=O) groups is 3. The van der Waals surface area contributed by atoms with Crippen LogP contribution in [0.1, 0.15) is 264 Å². The molecule has 1 rings (SSSR count). The molecule has 0 saturated carbocycles. The zero-order valence-electron chi connectivity index (χ0n) is 42.0. The SMILES string of the molecule is CCCCCC/C=C\CCCCCCCC(=O)OCCCCCCC(CCCCCCOC(=O)CCCCCCC/C=C\CCCCCC)CCCCOC(=O)C1CCN(C)CC1. The van der Waals surface area contributed by atoms with Gasteiger partial charge in [0.05, 0.1) is 25.7 Å². The molecule has 368 valence electrons. The molecule has 0 bridgehead atoms. The van der Waals surface area contributed by atoms with E-state index in [0.29, 0.717) is 38.6 Å². The van der Waals surface area contributed by atoms with E-state index in [0.717, 1.165) is 90.1 Å². The molecule has 0 aromatic carbocycles. The van der Waals surface area contributed by atoms with Gasteiger partial charge in [-0.1, -0.05) is 173 Å². The zero-order valence-corrected chi connectivity index (χ0v) is 42.0. The van der Waals surface area contributed by atoms with Gasteiger partial charge in [0.2, 0.25) is 0 Å². The van der Waals surface area contributed by atoms with E-state index in [-0.39, 0.29) is 23.8 Å². The van der Waals surface area contributed by atoms with Crippen molar-refractivity contribution >= 4 is 17.9 Å². The van der Waals surface area contributed by atoms with Gasteiger partial charge in [0.25, 0.3) is 0 Å². The molecule has 1 heterocycles. The van der Waals surface area contributed by atoms with E-state index in [1.165, 1.54) is 161 Å². The summed E-state index contributed by atoms with van der Waals surface area (Å²) in [4.78, 5) is 39.3. The highest BCUT2D eigenvalue weighted by atomic mass is 16.5. The second-order valence-electron chi connectivity index (χ2n) is 19.2. The number of likely N-dealkylation sites (tertiary alicyclic amines) is 1. The van der Waals surface area contributed by atoms with Crippen LogP contribution in [-0.2, 0) is 28.6 Å². The molecular weight excluding hydrogens is 783 g/mol. The van der Waals surface area contributed by atoms with Crippen molar-refractivity contribution in [3.05, 3.63) is 24.3 Å². The maximum atomic E-state index is 12.6. The van der Waals surface area contributed by atoms with Gasteiger partial charge in [0.15, 0.2) is 0 Å². The normalized spacial score (nSPS) is 13.8. The molecule has 0 unspecified atom stereocenters. The van der Waals surface area contributed by atoms with E-state index < -0.39 is 0 Å². The summed E-state index contributed by atoms with van der Waals surface area (Å²) in [5.74, 6) is 0.717. The second kappa shape index (κ2) is 46.4. The van der Waals surface area contributed by atoms with Crippen molar-refractivity contribution < 1.29 is 28.6 Å². The zero-order chi connectivity index (χ0) is 45.5. The fraction of sp³-hybridized carbons (Fsp3) is 0.875. The Labute approximate surface area is 390 Å². The Kier molecular flexibility index (Phi) is 43.3. The largest absolute Gasteiger partial charge is 0.466 e. The minimum atomic E-state index is -0.0281. The molecule has 7 heteroatoms. The van der Waals surface area contributed by atoms with Crippen molar-refractivity contribution in [2.75, 3.05) is 40.0 Å². The van der Waals surface area contributed by atoms with Gasteiger partial charge >= 0.3 is 17.9 Å². The van der Waals surface area contributed by atoms with Gasteiger partial charge in [-0.05, 0) is 129 Å². The minimum Gasteiger partial charge on any atom is -0.466 e. The predicted molar refractivity (Wildman–Crippen MR) is 267 cm³/mol. The fourth-order valence-electron chi connectivity index (χ4n) is 8.77. The first-order valence-corrected chi connectivity index (χ1v) is 27.4. The molecule has 1 aliphatic rings. The summed E-state index contributed by atoms with van der Waals surface area (Å²) >= 11 is 0. The number of nitrogens with zero attached hydrogens (tertiary/aromatic N) is 1. The van der Waals surface area contributed by atoms with Crippen molar-refractivity contribution in [3.8, 4) is 0 Å². The first-order chi connectivity index (χ1) is 31.0. The number of hydrogen-bond donors (Lipinski definition) is 0. The summed E-state index contributed by atoms with van der Waals surface area (Å²) in [5, 5.41) is 0. The molecule has 7 nitrogen and oxygen atoms in total. The van der Waals surface area contributed by atoms with Gasteiger partial charge in [0, 0.05) is 12.8 Å². The number of ether oxygens (including phenoxy) is 3. The molecule has 1 saturated heterocycles. The summed E-state index contributed by atoms with van der Waals surface area (Å²) in [6.07, 6.45) is 54.1. The van der Waals surface area contributed by atoms with Gasteiger partial charge in [-0.25, -0.2) is 0 Å². The van der Waals surface area contributed by atoms with Crippen LogP contribution in [0, 0.1) is 11.8 Å². The molecule has 0 spiro atoms. The summed E-state index contributed by atoms with van der Waals surface area (Å²) in [6.45, 7) is 8.13. The Morgan fingerprint density at radius 1 is 0.444 bits per heavy atom. The maximum absolute atomic E-state index is 12.6. The lowest BCUT2D eigenvalue weighted by molar-refractivity contribution is -0.150. The topological polar surface area (TPSA) is 82.1 Å². The number of rotatable bonds is 46. The third-order valence-corrected chi connectivity index (χ3v) is 13.1. The first kappa shape index (κ1) is 58.9. The lowest BCUT2D eigenvalue weighted by Crippen LogP contribution is -2.34. The second-order valence-corrected chi connectivity index (χ2v) is 19.2. The Morgan fingerprint density at radius 2 is 0.778 bits per heavy atom. The lowest BCUT2D eigenvalue weighted by atomic mass is 9.90. The Balaban J connectivity index is 2.16. The number of piperidine rings is 1. The van der Waals surface area contributed by atoms with E-state index in [4.69, 9.17) is 14.2 Å². The van der Waals surface area contributed by atoms with Crippen LogP contribution < -0.4 is 0 Å². The third kappa shape index (κ3) is 41.1. The van der Waals surface area contributed by atoms with Crippen LogP contribution in [0.15, 0.2) is 24.3 Å². The molecule has 0 atom stereocenters. The van der Waals surface area contributed by atoms with Crippen LogP contribution in [0.25, 0.3) is 0 Å². The van der Waals surface area contributed by atoms with Crippen LogP contribution in [0.5, 0.6) is 0 Å². The summed E-state index contributed by atoms with van der Waals surface area (Å²) < 4.78 is 16.8. The van der Waals surface area contributed by atoms with Gasteiger partial charge < -0.3 is 19.1 Å². The van der Waals surface area contributed by atoms with Gasteiger partial charge in [-0.3, -0.25) is 14.4 Å². The quantitative estimate of drug-likeness (QED) is 0.0261. The van der Waals surface area contributed by atoms with Crippen molar-refractivity contribution in [1.82, 2.24) is 4.90 Å². The van der Waals surface area contributed by atoms with E-state index in [9.17, 15) is 14.4 Å². The molecular formula is C56H103NO6. The van der Waals surface area contributed by atoms with Crippen LogP contribution in [0.2, 0.25) is 0 Å². The van der Waals surface area contributed by atoms with E-state index in [1.807, 2.05) is 0 Å². The fourth-order valence-corrected chi connectivity index (χ4v) is 8.77. The monoisotopic (exact) mass is 886 g/mol. The maximum Gasteiger partial charge on any atom is 0.309 e. The first-order valence-electron chi connectivity index (χ1n) is 27.4. The Hall–Kier alpha value is -2.15. The van der Waals surface area contributed by atoms with Crippen LogP contribution in [-0.4, -0.2) is 62.8 Å². The highest BCUT2D eigenvalue weighted by Gasteiger charge is 2.24. The highest BCUT2D eigenvalue weighted by Crippen LogP contribution is 2.24. The number of allylic oxidation sites excluding steroid dienone is 4. The highest BCUT2D eigenvalue weighted by molar-refractivity contribution is 5.72. The van der Waals surface area contributed by atoms with Crippen LogP contribution in [0.4, 0.5) is 0 Å². The Morgan fingerprint density at radius 3 is 1.22 bits per heavy atom. The summed E-state index contributed by atoms with van der Waals surface area (Å²) in [6, 6.07) is 0. The molecule has 1 aliphatic heterocycles. The van der Waals surface area contributed by atoms with Crippen molar-refractivity contribution in [2.45, 2.75) is 264 Å². The molecule has 0 N–H and O–H groups in total. The standard InChI is InChI=1S/C56H103NO6/c1-4-6-8-10-12-14-16-18-20-22-24-26-34-43-54(58)61-49-37-30-28-32-40-52(42-36-39-51-63-56(60)53-45-47-57(3)48-46-53)41-33-29-31-38-50-62-55(59)44-35-27-25-23-21-19-17-15-13-11-9-7-5-2/h14-17,52-53H,4-13,18-51H2,1-3H3/b16-14-,17-15-. The van der Waals surface area contributed by atoms with Crippen LogP contribution in [0.3, 0.4) is 0 Å². The smallest absolute Gasteiger partial charge is 0.309 e. The lowest BCUT2D eigenvalue weighted by Gasteiger charge is -2.27. The van der Waals surface area contributed by atoms with Crippen molar-refractivity contribution in [2.24, 2.45) is 11.8 Å². The summed E-state index contributed by atoms with van der Waals surface area (Å²) in [5.41, 5.74) is 0. The number of hydrogen-bond acceptors (Lipinski definition) is 7. The molecule has 63 heavy (non-hydrogen) atoms. The summed E-state index contributed by atoms with van der Waals surface area (Å²) in [7, 11) is 2.12. The molecule has 1 fully saturated rings. The third-order valence-electron chi connectivity index (χ3n) is 13.1. The van der Waals surface area contributed by atoms with Gasteiger partial charge in [0.1, 0.15) is 0 Å². The van der Waals surface area contributed by atoms with E-state index >= 15 is 0 Å².